The second-order valence-electron chi connectivity index (χ2n) is 5.41. The smallest absolute Gasteiger partial charge is 0.274 e. The van der Waals surface area contributed by atoms with Gasteiger partial charge < -0.3 is 10.6 Å². The minimum atomic E-state index is -0.947. The molecule has 0 atom stereocenters. The van der Waals surface area contributed by atoms with Gasteiger partial charge in [0.1, 0.15) is 28.8 Å². The summed E-state index contributed by atoms with van der Waals surface area (Å²) in [6.07, 6.45) is 1.18. The molecule has 2 N–H and O–H groups in total. The molecule has 0 spiro atoms. The largest absolute Gasteiger partial charge is 0.319 e. The minimum Gasteiger partial charge on any atom is -0.319 e. The third-order valence-electron chi connectivity index (χ3n) is 3.58. The molecule has 5 nitrogen and oxygen atoms in total. The second-order valence-corrected chi connectivity index (χ2v) is 5.41. The van der Waals surface area contributed by atoms with Gasteiger partial charge in [-0.05, 0) is 36.4 Å². The zero-order chi connectivity index (χ0) is 19.4. The van der Waals surface area contributed by atoms with Gasteiger partial charge >= 0.3 is 0 Å². The fourth-order valence-electron chi connectivity index (χ4n) is 2.25. The number of aromatic nitrogens is 1. The highest BCUT2D eigenvalue weighted by atomic mass is 19.1. The lowest BCUT2D eigenvalue weighted by molar-refractivity contribution is 0.102. The summed E-state index contributed by atoms with van der Waals surface area (Å²) in [4.78, 5) is 28.2. The lowest BCUT2D eigenvalue weighted by atomic mass is 10.2. The van der Waals surface area contributed by atoms with Crippen LogP contribution in [0.1, 0.15) is 20.8 Å². The van der Waals surface area contributed by atoms with Crippen LogP contribution in [-0.4, -0.2) is 16.8 Å². The van der Waals surface area contributed by atoms with E-state index in [1.165, 1.54) is 30.5 Å². The molecule has 8 heteroatoms. The van der Waals surface area contributed by atoms with Crippen LogP contribution < -0.4 is 10.6 Å². The maximum absolute atomic E-state index is 13.6. The topological polar surface area (TPSA) is 71.1 Å². The van der Waals surface area contributed by atoms with Crippen LogP contribution in [0.4, 0.5) is 24.5 Å². The van der Waals surface area contributed by atoms with E-state index in [9.17, 15) is 22.8 Å². The molecule has 0 bridgehead atoms. The lowest BCUT2D eigenvalue weighted by Gasteiger charge is -2.09. The number of nitrogens with zero attached hydrogens (tertiary/aromatic N) is 1. The van der Waals surface area contributed by atoms with E-state index < -0.39 is 35.0 Å². The summed E-state index contributed by atoms with van der Waals surface area (Å²) < 4.78 is 40.9. The molecule has 2 amide bonds. The molecule has 1 aromatic heterocycles. The van der Waals surface area contributed by atoms with Crippen molar-refractivity contribution in [1.29, 1.82) is 0 Å². The van der Waals surface area contributed by atoms with Crippen molar-refractivity contribution in [3.8, 4) is 0 Å². The molecule has 0 aliphatic heterocycles. The molecule has 2 aromatic carbocycles. The van der Waals surface area contributed by atoms with Crippen molar-refractivity contribution in [2.24, 2.45) is 0 Å². The van der Waals surface area contributed by atoms with E-state index in [-0.39, 0.29) is 16.9 Å². The molecule has 0 unspecified atom stereocenters. The summed E-state index contributed by atoms with van der Waals surface area (Å²) >= 11 is 0. The number of para-hydroxylation sites is 2. The minimum absolute atomic E-state index is 0.0207. The van der Waals surface area contributed by atoms with E-state index in [1.807, 2.05) is 0 Å². The molecule has 136 valence electrons. The zero-order valence-electron chi connectivity index (χ0n) is 13.7. The van der Waals surface area contributed by atoms with Gasteiger partial charge in [0.2, 0.25) is 0 Å². The van der Waals surface area contributed by atoms with E-state index in [0.717, 1.165) is 24.3 Å². The molecule has 0 saturated carbocycles. The number of nitrogens with one attached hydrogen (secondary N) is 2. The van der Waals surface area contributed by atoms with Crippen molar-refractivity contribution < 1.29 is 22.8 Å². The molecule has 27 heavy (non-hydrogen) atoms. The Bertz CT molecular complexity index is 1000. The van der Waals surface area contributed by atoms with Crippen LogP contribution in [0.15, 0.2) is 60.8 Å². The number of benzene rings is 2. The Morgan fingerprint density at radius 1 is 0.778 bits per heavy atom. The van der Waals surface area contributed by atoms with E-state index in [4.69, 9.17) is 0 Å². The fourth-order valence-corrected chi connectivity index (χ4v) is 2.25. The molecule has 3 aromatic rings. The highest BCUT2D eigenvalue weighted by molar-refractivity contribution is 6.07. The molecular weight excluding hydrogens is 359 g/mol. The Labute approximate surface area is 151 Å². The number of amides is 2. The average molecular weight is 371 g/mol. The van der Waals surface area contributed by atoms with Crippen LogP contribution in [0.5, 0.6) is 0 Å². The van der Waals surface area contributed by atoms with E-state index in [0.29, 0.717) is 0 Å². The Balaban J connectivity index is 1.80. The summed E-state index contributed by atoms with van der Waals surface area (Å²) in [5, 5.41) is 4.44. The quantitative estimate of drug-likeness (QED) is 0.728. The first kappa shape index (κ1) is 18.1. The maximum Gasteiger partial charge on any atom is 0.274 e. The van der Waals surface area contributed by atoms with Crippen molar-refractivity contribution in [2.45, 2.75) is 0 Å². The number of hydrogen-bond acceptors (Lipinski definition) is 3. The van der Waals surface area contributed by atoms with Crippen LogP contribution in [0.3, 0.4) is 0 Å². The molecule has 0 aliphatic carbocycles. The number of carbonyl (C=O) groups excluding carboxylic acids is 2. The van der Waals surface area contributed by atoms with Gasteiger partial charge in [0.25, 0.3) is 11.8 Å². The summed E-state index contributed by atoms with van der Waals surface area (Å²) in [5.74, 6) is -4.09. The van der Waals surface area contributed by atoms with Gasteiger partial charge in [-0.3, -0.25) is 14.6 Å². The van der Waals surface area contributed by atoms with Gasteiger partial charge in [-0.25, -0.2) is 13.2 Å². The van der Waals surface area contributed by atoms with E-state index in [2.05, 4.69) is 15.6 Å². The van der Waals surface area contributed by atoms with E-state index >= 15 is 0 Å². The number of halogens is 3. The van der Waals surface area contributed by atoms with Crippen molar-refractivity contribution >= 4 is 23.2 Å². The van der Waals surface area contributed by atoms with Crippen LogP contribution in [0, 0.1) is 17.5 Å². The highest BCUT2D eigenvalue weighted by Gasteiger charge is 2.16. The summed E-state index contributed by atoms with van der Waals surface area (Å²) in [6.45, 7) is 0. The van der Waals surface area contributed by atoms with Crippen molar-refractivity contribution in [3.63, 3.8) is 0 Å². The Morgan fingerprint density at radius 3 is 2.15 bits per heavy atom. The molecular formula is C19H12F3N3O2. The predicted octanol–water partition coefficient (Wildman–Crippen LogP) is 4.00. The first-order chi connectivity index (χ1) is 13.0. The first-order valence-corrected chi connectivity index (χ1v) is 7.73. The molecule has 1 heterocycles. The summed E-state index contributed by atoms with van der Waals surface area (Å²) in [6, 6.07) is 11.2. The monoisotopic (exact) mass is 371 g/mol. The van der Waals surface area contributed by atoms with Crippen LogP contribution in [-0.2, 0) is 0 Å². The number of carbonyl (C=O) groups is 2. The van der Waals surface area contributed by atoms with Crippen molar-refractivity contribution in [1.82, 2.24) is 4.98 Å². The first-order valence-electron chi connectivity index (χ1n) is 7.73. The van der Waals surface area contributed by atoms with Crippen molar-refractivity contribution in [3.05, 3.63) is 89.5 Å². The SMILES string of the molecule is O=C(Nc1ccccc1F)c1ccnc(C(=O)Nc2c(F)cccc2F)c1. The number of pyridine rings is 1. The van der Waals surface area contributed by atoms with Crippen LogP contribution in [0.2, 0.25) is 0 Å². The second kappa shape index (κ2) is 7.69. The number of rotatable bonds is 4. The summed E-state index contributed by atoms with van der Waals surface area (Å²) in [5.41, 5.74) is -0.865. The van der Waals surface area contributed by atoms with Crippen LogP contribution in [0.25, 0.3) is 0 Å². The predicted molar refractivity (Wildman–Crippen MR) is 92.9 cm³/mol. The number of hydrogen-bond donors (Lipinski definition) is 2. The van der Waals surface area contributed by atoms with Gasteiger partial charge in [-0.1, -0.05) is 18.2 Å². The Hall–Kier alpha value is -3.68. The molecule has 0 radical (unpaired) electrons. The lowest BCUT2D eigenvalue weighted by Crippen LogP contribution is -2.18. The van der Waals surface area contributed by atoms with Gasteiger partial charge in [0.05, 0.1) is 5.69 Å². The van der Waals surface area contributed by atoms with Gasteiger partial charge in [-0.2, -0.15) is 0 Å². The summed E-state index contributed by atoms with van der Waals surface area (Å²) in [7, 11) is 0. The normalized spacial score (nSPS) is 10.3. The molecule has 0 fully saturated rings. The highest BCUT2D eigenvalue weighted by Crippen LogP contribution is 2.19. The fraction of sp³-hybridized carbons (Fsp3) is 0. The Morgan fingerprint density at radius 2 is 1.44 bits per heavy atom. The van der Waals surface area contributed by atoms with Gasteiger partial charge in [0, 0.05) is 11.8 Å². The molecule has 3 rings (SSSR count). The average Bonchev–Trinajstić information content (AvgIpc) is 2.66. The standard InChI is InChI=1S/C19H12F3N3O2/c20-12-4-1-2-7-15(12)24-18(26)11-8-9-23-16(10-11)19(27)25-17-13(21)5-3-6-14(17)22/h1-10H,(H,24,26)(H,25,27). The van der Waals surface area contributed by atoms with E-state index in [1.54, 1.807) is 6.07 Å². The van der Waals surface area contributed by atoms with Crippen LogP contribution >= 0.6 is 0 Å². The van der Waals surface area contributed by atoms with Gasteiger partial charge in [0.15, 0.2) is 0 Å². The molecule has 0 aliphatic rings. The Kier molecular flexibility index (Phi) is 5.16. The number of anilines is 2. The third kappa shape index (κ3) is 4.12. The molecule has 0 saturated heterocycles. The third-order valence-corrected chi connectivity index (χ3v) is 3.58. The van der Waals surface area contributed by atoms with Gasteiger partial charge in [-0.15, -0.1) is 0 Å². The zero-order valence-corrected chi connectivity index (χ0v) is 13.7. The van der Waals surface area contributed by atoms with Crippen molar-refractivity contribution in [2.75, 3.05) is 10.6 Å². The maximum atomic E-state index is 13.6.